The predicted octanol–water partition coefficient (Wildman–Crippen LogP) is 3.59. The van der Waals surface area contributed by atoms with Crippen LogP contribution in [0.2, 0.25) is 0 Å². The van der Waals surface area contributed by atoms with Gasteiger partial charge in [-0.2, -0.15) is 0 Å². The third-order valence-corrected chi connectivity index (χ3v) is 4.92. The first-order valence-corrected chi connectivity index (χ1v) is 9.89. The summed E-state index contributed by atoms with van der Waals surface area (Å²) in [4.78, 5) is 8.82. The number of aryl methyl sites for hydroxylation is 1. The summed E-state index contributed by atoms with van der Waals surface area (Å²) in [5.41, 5.74) is 3.05. The molecule has 6 nitrogen and oxygen atoms in total. The molecule has 150 valence electrons. The van der Waals surface area contributed by atoms with Crippen molar-refractivity contribution in [1.29, 1.82) is 0 Å². The second-order valence-electron chi connectivity index (χ2n) is 7.02. The Bertz CT molecular complexity index is 801. The molecule has 0 amide bonds. The summed E-state index contributed by atoms with van der Waals surface area (Å²) in [6.45, 7) is 3.20. The Kier molecular flexibility index (Phi) is 7.12. The van der Waals surface area contributed by atoms with Crippen LogP contribution in [-0.2, 0) is 13.1 Å². The van der Waals surface area contributed by atoms with E-state index in [2.05, 4.69) is 26.7 Å². The van der Waals surface area contributed by atoms with E-state index in [9.17, 15) is 0 Å². The highest BCUT2D eigenvalue weighted by atomic mass is 16.5. The molecule has 0 bridgehead atoms. The van der Waals surface area contributed by atoms with Gasteiger partial charge in [-0.05, 0) is 50.8 Å². The average molecular weight is 383 g/mol. The van der Waals surface area contributed by atoms with Crippen LogP contribution in [0.4, 0.5) is 0 Å². The fourth-order valence-corrected chi connectivity index (χ4v) is 3.44. The minimum absolute atomic E-state index is 0.278. The van der Waals surface area contributed by atoms with Gasteiger partial charge >= 0.3 is 0 Å². The zero-order valence-corrected chi connectivity index (χ0v) is 17.0. The second-order valence-corrected chi connectivity index (χ2v) is 7.02. The number of ether oxygens (including phenoxy) is 2. The lowest BCUT2D eigenvalue weighted by Crippen LogP contribution is -2.36. The van der Waals surface area contributed by atoms with Gasteiger partial charge in [0.05, 0.1) is 25.5 Å². The van der Waals surface area contributed by atoms with E-state index in [0.717, 1.165) is 47.3 Å². The van der Waals surface area contributed by atoms with Crippen LogP contribution >= 0.6 is 0 Å². The molecule has 0 spiro atoms. The molecule has 6 heteroatoms. The maximum Gasteiger partial charge on any atom is 0.191 e. The standard InChI is InChI=1S/C22H30N4O2/c1-16-8-6-10-18(26-16)15-25-22(23-2)24-14-17-9-7-13-20(27-3)21(17)28-19-11-4-5-12-19/h6-10,13,19H,4-5,11-12,14-15H2,1-3H3,(H2,23,24,25). The van der Waals surface area contributed by atoms with Gasteiger partial charge in [0.25, 0.3) is 0 Å². The van der Waals surface area contributed by atoms with Crippen molar-refractivity contribution in [2.24, 2.45) is 4.99 Å². The fraction of sp³-hybridized carbons (Fsp3) is 0.455. The van der Waals surface area contributed by atoms with Crippen LogP contribution in [0.1, 0.15) is 42.6 Å². The smallest absolute Gasteiger partial charge is 0.191 e. The van der Waals surface area contributed by atoms with Crippen molar-refractivity contribution < 1.29 is 9.47 Å². The van der Waals surface area contributed by atoms with Crippen LogP contribution in [-0.4, -0.2) is 31.2 Å². The molecule has 0 radical (unpaired) electrons. The second kappa shape index (κ2) is 9.97. The van der Waals surface area contributed by atoms with Crippen LogP contribution in [0.25, 0.3) is 0 Å². The highest BCUT2D eigenvalue weighted by molar-refractivity contribution is 5.79. The molecule has 1 aromatic carbocycles. The van der Waals surface area contributed by atoms with Gasteiger partial charge < -0.3 is 20.1 Å². The topological polar surface area (TPSA) is 67.8 Å². The molecule has 1 aliphatic rings. The van der Waals surface area contributed by atoms with Gasteiger partial charge in [-0.25, -0.2) is 0 Å². The first-order valence-electron chi connectivity index (χ1n) is 9.89. The average Bonchev–Trinajstić information content (AvgIpc) is 3.22. The summed E-state index contributed by atoms with van der Waals surface area (Å²) in [5.74, 6) is 2.33. The Morgan fingerprint density at radius 1 is 1.11 bits per heavy atom. The van der Waals surface area contributed by atoms with Crippen molar-refractivity contribution in [3.8, 4) is 11.5 Å². The van der Waals surface area contributed by atoms with Gasteiger partial charge in [0, 0.05) is 24.8 Å². The van der Waals surface area contributed by atoms with Crippen molar-refractivity contribution in [3.63, 3.8) is 0 Å². The molecule has 28 heavy (non-hydrogen) atoms. The number of rotatable bonds is 7. The van der Waals surface area contributed by atoms with Gasteiger partial charge in [0.15, 0.2) is 17.5 Å². The van der Waals surface area contributed by atoms with Crippen LogP contribution < -0.4 is 20.1 Å². The molecular weight excluding hydrogens is 352 g/mol. The minimum Gasteiger partial charge on any atom is -0.493 e. The Balaban J connectivity index is 1.63. The summed E-state index contributed by atoms with van der Waals surface area (Å²) in [6, 6.07) is 12.0. The first kappa shape index (κ1) is 20.0. The normalized spacial score (nSPS) is 14.8. The van der Waals surface area contributed by atoms with Crippen molar-refractivity contribution in [2.75, 3.05) is 14.2 Å². The molecular formula is C22H30N4O2. The summed E-state index contributed by atoms with van der Waals surface area (Å²) in [7, 11) is 3.45. The zero-order chi connectivity index (χ0) is 19.8. The monoisotopic (exact) mass is 382 g/mol. The van der Waals surface area contributed by atoms with E-state index in [4.69, 9.17) is 9.47 Å². The molecule has 0 aliphatic heterocycles. The van der Waals surface area contributed by atoms with Crippen molar-refractivity contribution >= 4 is 5.96 Å². The number of para-hydroxylation sites is 1. The maximum absolute atomic E-state index is 6.30. The molecule has 1 heterocycles. The van der Waals surface area contributed by atoms with Crippen molar-refractivity contribution in [1.82, 2.24) is 15.6 Å². The lowest BCUT2D eigenvalue weighted by molar-refractivity contribution is 0.198. The molecule has 2 aromatic rings. The highest BCUT2D eigenvalue weighted by Gasteiger charge is 2.20. The molecule has 0 atom stereocenters. The number of nitrogens with one attached hydrogen (secondary N) is 2. The largest absolute Gasteiger partial charge is 0.493 e. The number of methoxy groups -OCH3 is 1. The van der Waals surface area contributed by atoms with Gasteiger partial charge in [-0.3, -0.25) is 9.98 Å². The quantitative estimate of drug-likeness (QED) is 0.566. The lowest BCUT2D eigenvalue weighted by atomic mass is 10.1. The molecule has 0 saturated heterocycles. The Labute approximate surface area is 167 Å². The Morgan fingerprint density at radius 2 is 1.86 bits per heavy atom. The third-order valence-electron chi connectivity index (χ3n) is 4.92. The van der Waals surface area contributed by atoms with Gasteiger partial charge in [-0.1, -0.05) is 18.2 Å². The van der Waals surface area contributed by atoms with E-state index in [1.54, 1.807) is 14.2 Å². The van der Waals surface area contributed by atoms with Crippen molar-refractivity contribution in [2.45, 2.75) is 51.8 Å². The number of benzene rings is 1. The van der Waals surface area contributed by atoms with E-state index in [-0.39, 0.29) is 6.10 Å². The molecule has 1 aliphatic carbocycles. The van der Waals surface area contributed by atoms with Gasteiger partial charge in [0.2, 0.25) is 0 Å². The molecule has 0 unspecified atom stereocenters. The number of hydrogen-bond acceptors (Lipinski definition) is 4. The number of nitrogens with zero attached hydrogens (tertiary/aromatic N) is 2. The van der Waals surface area contributed by atoms with Crippen LogP contribution in [0.5, 0.6) is 11.5 Å². The molecule has 2 N–H and O–H groups in total. The van der Waals surface area contributed by atoms with Crippen LogP contribution in [0, 0.1) is 6.92 Å². The zero-order valence-electron chi connectivity index (χ0n) is 17.0. The van der Waals surface area contributed by atoms with E-state index < -0.39 is 0 Å². The predicted molar refractivity (Wildman–Crippen MR) is 112 cm³/mol. The third kappa shape index (κ3) is 5.38. The number of guanidine groups is 1. The van der Waals surface area contributed by atoms with Crippen LogP contribution in [0.3, 0.4) is 0 Å². The summed E-state index contributed by atoms with van der Waals surface area (Å²) in [6.07, 6.45) is 4.96. The van der Waals surface area contributed by atoms with Crippen LogP contribution in [0.15, 0.2) is 41.4 Å². The Morgan fingerprint density at radius 3 is 2.57 bits per heavy atom. The molecule has 1 aromatic heterocycles. The molecule has 1 fully saturated rings. The minimum atomic E-state index is 0.278. The van der Waals surface area contributed by atoms with E-state index in [0.29, 0.717) is 13.1 Å². The lowest BCUT2D eigenvalue weighted by Gasteiger charge is -2.20. The number of hydrogen-bond donors (Lipinski definition) is 2. The summed E-state index contributed by atoms with van der Waals surface area (Å²) in [5, 5.41) is 6.67. The first-order chi connectivity index (χ1) is 13.7. The van der Waals surface area contributed by atoms with Crippen molar-refractivity contribution in [3.05, 3.63) is 53.3 Å². The summed E-state index contributed by atoms with van der Waals surface area (Å²) < 4.78 is 11.8. The number of aliphatic imine (C=N–C) groups is 1. The number of pyridine rings is 1. The maximum atomic E-state index is 6.30. The Hall–Kier alpha value is -2.76. The van der Waals surface area contributed by atoms with E-state index in [1.165, 1.54) is 12.8 Å². The van der Waals surface area contributed by atoms with E-state index in [1.807, 2.05) is 37.3 Å². The SMILES string of the molecule is CN=C(NCc1cccc(C)n1)NCc1cccc(OC)c1OC1CCCC1. The highest BCUT2D eigenvalue weighted by Crippen LogP contribution is 2.34. The number of aromatic nitrogens is 1. The molecule has 1 saturated carbocycles. The van der Waals surface area contributed by atoms with Gasteiger partial charge in [0.1, 0.15) is 0 Å². The van der Waals surface area contributed by atoms with Gasteiger partial charge in [-0.15, -0.1) is 0 Å². The van der Waals surface area contributed by atoms with E-state index >= 15 is 0 Å². The summed E-state index contributed by atoms with van der Waals surface area (Å²) >= 11 is 0. The molecule has 3 rings (SSSR count). The fourth-order valence-electron chi connectivity index (χ4n) is 3.44.